The highest BCUT2D eigenvalue weighted by Crippen LogP contribution is 2.20. The Morgan fingerprint density at radius 2 is 2.15 bits per heavy atom. The molecular weight excluding hydrogens is 387 g/mol. The SMILES string of the molecule is CC(C)CCOCCn1c(CCl)nc2cc(I)ccc21. The molecule has 20 heavy (non-hydrogen) atoms. The number of ether oxygens (including phenoxy) is 1. The predicted octanol–water partition coefficient (Wildman–Crippen LogP) is 4.44. The van der Waals surface area contributed by atoms with Crippen molar-refractivity contribution < 1.29 is 4.74 Å². The fourth-order valence-electron chi connectivity index (χ4n) is 2.08. The van der Waals surface area contributed by atoms with Gasteiger partial charge in [-0.3, -0.25) is 0 Å². The van der Waals surface area contributed by atoms with Crippen molar-refractivity contribution in [1.82, 2.24) is 9.55 Å². The first-order chi connectivity index (χ1) is 9.61. The summed E-state index contributed by atoms with van der Waals surface area (Å²) in [6, 6.07) is 6.29. The van der Waals surface area contributed by atoms with Crippen LogP contribution < -0.4 is 0 Å². The Bertz CT molecular complexity index is 568. The maximum Gasteiger partial charge on any atom is 0.124 e. The zero-order chi connectivity index (χ0) is 14.5. The number of benzene rings is 1. The number of hydrogen-bond acceptors (Lipinski definition) is 2. The van der Waals surface area contributed by atoms with E-state index in [-0.39, 0.29) is 0 Å². The molecule has 2 aromatic rings. The van der Waals surface area contributed by atoms with Gasteiger partial charge in [0.1, 0.15) is 5.82 Å². The van der Waals surface area contributed by atoms with E-state index < -0.39 is 0 Å². The zero-order valence-electron chi connectivity index (χ0n) is 11.9. The molecule has 0 saturated heterocycles. The zero-order valence-corrected chi connectivity index (χ0v) is 14.8. The average molecular weight is 407 g/mol. The smallest absolute Gasteiger partial charge is 0.124 e. The van der Waals surface area contributed by atoms with Crippen LogP contribution in [0.15, 0.2) is 18.2 Å². The van der Waals surface area contributed by atoms with Crippen LogP contribution in [0.25, 0.3) is 11.0 Å². The van der Waals surface area contributed by atoms with E-state index in [2.05, 4.69) is 64.2 Å². The molecule has 1 aromatic carbocycles. The fraction of sp³-hybridized carbons (Fsp3) is 0.533. The van der Waals surface area contributed by atoms with E-state index in [1.54, 1.807) is 0 Å². The summed E-state index contributed by atoms with van der Waals surface area (Å²) < 4.78 is 9.05. The normalized spacial score (nSPS) is 11.7. The van der Waals surface area contributed by atoms with Crippen molar-refractivity contribution in [3.8, 4) is 0 Å². The maximum atomic E-state index is 6.00. The molecular formula is C15H20ClIN2O. The van der Waals surface area contributed by atoms with Crippen molar-refractivity contribution in [3.05, 3.63) is 27.6 Å². The summed E-state index contributed by atoms with van der Waals surface area (Å²) in [6.07, 6.45) is 1.10. The second-order valence-corrected chi connectivity index (χ2v) is 6.75. The van der Waals surface area contributed by atoms with Crippen molar-refractivity contribution in [2.75, 3.05) is 13.2 Å². The van der Waals surface area contributed by atoms with Crippen molar-refractivity contribution >= 4 is 45.2 Å². The van der Waals surface area contributed by atoms with Gasteiger partial charge >= 0.3 is 0 Å². The molecule has 0 atom stereocenters. The highest BCUT2D eigenvalue weighted by Gasteiger charge is 2.10. The van der Waals surface area contributed by atoms with Crippen molar-refractivity contribution in [1.29, 1.82) is 0 Å². The van der Waals surface area contributed by atoms with Crippen LogP contribution in [0.4, 0.5) is 0 Å². The first-order valence-corrected chi connectivity index (χ1v) is 8.51. The molecule has 0 aliphatic carbocycles. The summed E-state index contributed by atoms with van der Waals surface area (Å²) in [4.78, 5) is 4.59. The molecule has 0 bridgehead atoms. The number of nitrogens with zero attached hydrogens (tertiary/aromatic N) is 2. The third-order valence-corrected chi connectivity index (χ3v) is 4.12. The second kappa shape index (κ2) is 7.61. The molecule has 1 aromatic heterocycles. The van der Waals surface area contributed by atoms with Gasteiger partial charge in [-0.25, -0.2) is 4.98 Å². The van der Waals surface area contributed by atoms with Crippen molar-refractivity contribution in [2.24, 2.45) is 5.92 Å². The Balaban J connectivity index is 2.04. The van der Waals surface area contributed by atoms with Gasteiger partial charge in [-0.1, -0.05) is 13.8 Å². The van der Waals surface area contributed by atoms with Gasteiger partial charge in [0.25, 0.3) is 0 Å². The molecule has 0 saturated carbocycles. The van der Waals surface area contributed by atoms with Gasteiger partial charge in [0.05, 0.1) is 23.5 Å². The topological polar surface area (TPSA) is 27.1 Å². The summed E-state index contributed by atoms with van der Waals surface area (Å²) in [5, 5.41) is 0. The van der Waals surface area contributed by atoms with E-state index in [0.717, 1.165) is 36.4 Å². The van der Waals surface area contributed by atoms with Crippen LogP contribution in [-0.2, 0) is 17.2 Å². The summed E-state index contributed by atoms with van der Waals surface area (Å²) >= 11 is 8.30. The van der Waals surface area contributed by atoms with Crippen LogP contribution in [0.3, 0.4) is 0 Å². The minimum absolute atomic E-state index is 0.428. The van der Waals surface area contributed by atoms with Gasteiger partial charge in [-0.15, -0.1) is 11.6 Å². The lowest BCUT2D eigenvalue weighted by molar-refractivity contribution is 0.116. The van der Waals surface area contributed by atoms with Crippen molar-refractivity contribution in [2.45, 2.75) is 32.7 Å². The first kappa shape index (κ1) is 16.0. The maximum absolute atomic E-state index is 6.00. The molecule has 1 heterocycles. The lowest BCUT2D eigenvalue weighted by Gasteiger charge is -2.09. The molecule has 0 radical (unpaired) electrons. The summed E-state index contributed by atoms with van der Waals surface area (Å²) in [7, 11) is 0. The molecule has 0 N–H and O–H groups in total. The van der Waals surface area contributed by atoms with Gasteiger partial charge in [-0.2, -0.15) is 0 Å². The number of hydrogen-bond donors (Lipinski definition) is 0. The molecule has 0 aliphatic heterocycles. The van der Waals surface area contributed by atoms with Gasteiger partial charge in [-0.05, 0) is 53.1 Å². The van der Waals surface area contributed by atoms with E-state index in [9.17, 15) is 0 Å². The fourth-order valence-corrected chi connectivity index (χ4v) is 2.76. The Kier molecular flexibility index (Phi) is 6.11. The molecule has 0 aliphatic rings. The Morgan fingerprint density at radius 3 is 2.85 bits per heavy atom. The third kappa shape index (κ3) is 4.09. The molecule has 3 nitrogen and oxygen atoms in total. The molecule has 2 rings (SSSR count). The Labute approximate surface area is 138 Å². The van der Waals surface area contributed by atoms with Crippen LogP contribution in [0, 0.1) is 9.49 Å². The van der Waals surface area contributed by atoms with E-state index in [0.29, 0.717) is 18.4 Å². The molecule has 0 fully saturated rings. The van der Waals surface area contributed by atoms with E-state index in [1.807, 2.05) is 0 Å². The average Bonchev–Trinajstić information content (AvgIpc) is 2.75. The Hall–Kier alpha value is -0.330. The number of alkyl halides is 1. The number of aromatic nitrogens is 2. The van der Waals surface area contributed by atoms with Crippen molar-refractivity contribution in [3.63, 3.8) is 0 Å². The van der Waals surface area contributed by atoms with Gasteiger partial charge in [0, 0.05) is 16.7 Å². The minimum Gasteiger partial charge on any atom is -0.380 e. The molecule has 0 spiro atoms. The van der Waals surface area contributed by atoms with E-state index in [1.165, 1.54) is 3.57 Å². The lowest BCUT2D eigenvalue weighted by atomic mass is 10.1. The lowest BCUT2D eigenvalue weighted by Crippen LogP contribution is -2.10. The standard InChI is InChI=1S/C15H20ClIN2O/c1-11(2)5-7-20-8-6-19-14-4-3-12(17)9-13(14)18-15(19)10-16/h3-4,9,11H,5-8,10H2,1-2H3. The third-order valence-electron chi connectivity index (χ3n) is 3.21. The number of imidazole rings is 1. The second-order valence-electron chi connectivity index (χ2n) is 5.24. The monoisotopic (exact) mass is 406 g/mol. The van der Waals surface area contributed by atoms with E-state index >= 15 is 0 Å². The highest BCUT2D eigenvalue weighted by molar-refractivity contribution is 14.1. The van der Waals surface area contributed by atoms with E-state index in [4.69, 9.17) is 16.3 Å². The predicted molar refractivity (Wildman–Crippen MR) is 92.3 cm³/mol. The van der Waals surface area contributed by atoms with Gasteiger partial charge in [0.15, 0.2) is 0 Å². The summed E-state index contributed by atoms with van der Waals surface area (Å²) in [5.41, 5.74) is 2.14. The Morgan fingerprint density at radius 1 is 1.35 bits per heavy atom. The molecule has 0 unspecified atom stereocenters. The highest BCUT2D eigenvalue weighted by atomic mass is 127. The molecule has 0 amide bonds. The van der Waals surface area contributed by atoms with Crippen LogP contribution in [0.2, 0.25) is 0 Å². The number of rotatable bonds is 7. The quantitative estimate of drug-likeness (QED) is 0.386. The van der Waals surface area contributed by atoms with Crippen LogP contribution in [0.1, 0.15) is 26.1 Å². The summed E-state index contributed by atoms with van der Waals surface area (Å²) in [5.74, 6) is 2.03. The minimum atomic E-state index is 0.428. The summed E-state index contributed by atoms with van der Waals surface area (Å²) in [6.45, 7) is 6.74. The van der Waals surface area contributed by atoms with Gasteiger partial charge < -0.3 is 9.30 Å². The molecule has 5 heteroatoms. The largest absolute Gasteiger partial charge is 0.380 e. The van der Waals surface area contributed by atoms with Crippen LogP contribution >= 0.6 is 34.2 Å². The number of halogens is 2. The molecule has 110 valence electrons. The van der Waals surface area contributed by atoms with Crippen LogP contribution in [-0.4, -0.2) is 22.8 Å². The first-order valence-electron chi connectivity index (χ1n) is 6.90. The van der Waals surface area contributed by atoms with Gasteiger partial charge in [0.2, 0.25) is 0 Å². The van der Waals surface area contributed by atoms with Crippen LogP contribution in [0.5, 0.6) is 0 Å². The number of fused-ring (bicyclic) bond motifs is 1.